The van der Waals surface area contributed by atoms with E-state index in [1.54, 1.807) is 0 Å². The molecule has 19 heavy (non-hydrogen) atoms. The van der Waals surface area contributed by atoms with Gasteiger partial charge in [0.25, 0.3) is 0 Å². The number of sulfonamides is 1. The first kappa shape index (κ1) is 15.8. The molecule has 0 radical (unpaired) electrons. The van der Waals surface area contributed by atoms with Crippen LogP contribution in [0, 0.1) is 12.3 Å². The molecule has 0 bridgehead atoms. The molecule has 0 aliphatic rings. The zero-order valence-corrected chi connectivity index (χ0v) is 11.9. The number of terminal acetylenes is 1. The van der Waals surface area contributed by atoms with Crippen molar-refractivity contribution in [1.29, 1.82) is 0 Å². The van der Waals surface area contributed by atoms with Gasteiger partial charge in [0, 0.05) is 12.8 Å². The first-order valence-corrected chi connectivity index (χ1v) is 7.31. The van der Waals surface area contributed by atoms with Gasteiger partial charge in [0.15, 0.2) is 0 Å². The zero-order chi connectivity index (χ0) is 14.6. The van der Waals surface area contributed by atoms with Crippen molar-refractivity contribution >= 4 is 44.8 Å². The SMILES string of the molecule is C#CCCC(=O)Nc1c(Cl)cc(S(N)(=O)=O)cc1Cl. The number of carbonyl (C=O) groups is 1. The van der Waals surface area contributed by atoms with Crippen LogP contribution in [0.4, 0.5) is 5.69 Å². The minimum absolute atomic E-state index is 0.0226. The van der Waals surface area contributed by atoms with E-state index in [1.165, 1.54) is 0 Å². The van der Waals surface area contributed by atoms with Crippen LogP contribution in [0.1, 0.15) is 12.8 Å². The molecule has 0 aromatic heterocycles. The number of rotatable bonds is 4. The molecule has 8 heteroatoms. The minimum Gasteiger partial charge on any atom is -0.324 e. The van der Waals surface area contributed by atoms with Crippen LogP contribution in [0.2, 0.25) is 10.0 Å². The van der Waals surface area contributed by atoms with Gasteiger partial charge in [0.1, 0.15) is 0 Å². The van der Waals surface area contributed by atoms with Crippen LogP contribution in [0.15, 0.2) is 17.0 Å². The molecular formula is C11H10Cl2N2O3S. The van der Waals surface area contributed by atoms with E-state index in [1.807, 2.05) is 0 Å². The lowest BCUT2D eigenvalue weighted by molar-refractivity contribution is -0.116. The Kier molecular flexibility index (Phi) is 5.20. The van der Waals surface area contributed by atoms with Crippen molar-refractivity contribution in [2.24, 2.45) is 5.14 Å². The molecular weight excluding hydrogens is 311 g/mol. The van der Waals surface area contributed by atoms with Gasteiger partial charge in [0.2, 0.25) is 15.9 Å². The second-order valence-corrected chi connectivity index (χ2v) is 5.94. The predicted molar refractivity (Wildman–Crippen MR) is 74.5 cm³/mol. The number of anilines is 1. The lowest BCUT2D eigenvalue weighted by Crippen LogP contribution is -2.14. The second kappa shape index (κ2) is 6.26. The van der Waals surface area contributed by atoms with Crippen LogP contribution < -0.4 is 10.5 Å². The minimum atomic E-state index is -3.92. The molecule has 1 aromatic rings. The fraction of sp³-hybridized carbons (Fsp3) is 0.182. The van der Waals surface area contributed by atoms with Crippen molar-refractivity contribution in [2.45, 2.75) is 17.7 Å². The number of hydrogen-bond acceptors (Lipinski definition) is 3. The molecule has 5 nitrogen and oxygen atoms in total. The summed E-state index contributed by atoms with van der Waals surface area (Å²) in [6.07, 6.45) is 5.42. The third kappa shape index (κ3) is 4.40. The molecule has 0 heterocycles. The number of halogens is 2. The van der Waals surface area contributed by atoms with E-state index in [-0.39, 0.29) is 39.4 Å². The third-order valence-corrected chi connectivity index (χ3v) is 3.59. The Morgan fingerprint density at radius 1 is 1.37 bits per heavy atom. The van der Waals surface area contributed by atoms with Crippen LogP contribution in [-0.4, -0.2) is 14.3 Å². The molecule has 1 aromatic carbocycles. The Morgan fingerprint density at radius 2 is 1.89 bits per heavy atom. The molecule has 0 fully saturated rings. The standard InChI is InChI=1S/C11H10Cl2N2O3S/c1-2-3-4-10(16)15-11-8(12)5-7(6-9(11)13)19(14,17)18/h1,5-6H,3-4H2,(H,15,16)(H2,14,17,18). The van der Waals surface area contributed by atoms with Crippen molar-refractivity contribution in [2.75, 3.05) is 5.32 Å². The zero-order valence-electron chi connectivity index (χ0n) is 9.61. The van der Waals surface area contributed by atoms with Gasteiger partial charge in [-0.1, -0.05) is 23.2 Å². The quantitative estimate of drug-likeness (QED) is 0.831. The summed E-state index contributed by atoms with van der Waals surface area (Å²) in [5, 5.41) is 7.37. The number of nitrogens with one attached hydrogen (secondary N) is 1. The molecule has 1 rings (SSSR count). The lowest BCUT2D eigenvalue weighted by atomic mass is 10.2. The summed E-state index contributed by atoms with van der Waals surface area (Å²) in [5.41, 5.74) is 0.123. The van der Waals surface area contributed by atoms with Crippen LogP contribution in [0.3, 0.4) is 0 Å². The van der Waals surface area contributed by atoms with Crippen LogP contribution in [0.25, 0.3) is 0 Å². The maximum Gasteiger partial charge on any atom is 0.238 e. The number of carbonyl (C=O) groups excluding carboxylic acids is 1. The summed E-state index contributed by atoms with van der Waals surface area (Å²) in [6.45, 7) is 0. The highest BCUT2D eigenvalue weighted by molar-refractivity contribution is 7.89. The Labute approximate surface area is 121 Å². The summed E-state index contributed by atoms with van der Waals surface area (Å²) in [7, 11) is -3.92. The summed E-state index contributed by atoms with van der Waals surface area (Å²) in [6, 6.07) is 2.22. The highest BCUT2D eigenvalue weighted by atomic mass is 35.5. The van der Waals surface area contributed by atoms with Gasteiger partial charge >= 0.3 is 0 Å². The van der Waals surface area contributed by atoms with Gasteiger partial charge in [-0.15, -0.1) is 12.3 Å². The summed E-state index contributed by atoms with van der Waals surface area (Å²) in [4.78, 5) is 11.3. The molecule has 0 spiro atoms. The first-order chi connectivity index (χ1) is 8.75. The van der Waals surface area contributed by atoms with Gasteiger partial charge in [0.05, 0.1) is 20.6 Å². The average Bonchev–Trinajstić information content (AvgIpc) is 2.29. The van der Waals surface area contributed by atoms with E-state index in [0.29, 0.717) is 0 Å². The van der Waals surface area contributed by atoms with Gasteiger partial charge in [-0.25, -0.2) is 13.6 Å². The van der Waals surface area contributed by atoms with Gasteiger partial charge in [-0.3, -0.25) is 4.79 Å². The van der Waals surface area contributed by atoms with Gasteiger partial charge < -0.3 is 5.32 Å². The topological polar surface area (TPSA) is 89.3 Å². The molecule has 0 unspecified atom stereocenters. The van der Waals surface area contributed by atoms with Crippen LogP contribution >= 0.6 is 23.2 Å². The van der Waals surface area contributed by atoms with Crippen molar-refractivity contribution in [3.8, 4) is 12.3 Å². The van der Waals surface area contributed by atoms with Crippen LogP contribution in [0.5, 0.6) is 0 Å². The van der Waals surface area contributed by atoms with E-state index in [9.17, 15) is 13.2 Å². The molecule has 0 aliphatic carbocycles. The van der Waals surface area contributed by atoms with Gasteiger partial charge in [-0.2, -0.15) is 0 Å². The fourth-order valence-corrected chi connectivity index (χ4v) is 2.50. The first-order valence-electron chi connectivity index (χ1n) is 5.01. The summed E-state index contributed by atoms with van der Waals surface area (Å²) >= 11 is 11.7. The molecule has 102 valence electrons. The monoisotopic (exact) mass is 320 g/mol. The summed E-state index contributed by atoms with van der Waals surface area (Å²) in [5.74, 6) is 1.95. The molecule has 3 N–H and O–H groups in total. The largest absolute Gasteiger partial charge is 0.324 e. The molecule has 0 atom stereocenters. The van der Waals surface area contributed by atoms with Crippen molar-refractivity contribution in [1.82, 2.24) is 0 Å². The highest BCUT2D eigenvalue weighted by Gasteiger charge is 2.16. The maximum absolute atomic E-state index is 11.5. The number of nitrogens with two attached hydrogens (primary N) is 1. The normalized spacial score (nSPS) is 10.8. The predicted octanol–water partition coefficient (Wildman–Crippen LogP) is 1.99. The summed E-state index contributed by atoms with van der Waals surface area (Å²) < 4.78 is 22.3. The lowest BCUT2D eigenvalue weighted by Gasteiger charge is -2.10. The number of amides is 1. The smallest absolute Gasteiger partial charge is 0.238 e. The molecule has 0 saturated carbocycles. The fourth-order valence-electron chi connectivity index (χ4n) is 1.22. The highest BCUT2D eigenvalue weighted by Crippen LogP contribution is 2.33. The molecule has 0 aliphatic heterocycles. The number of benzene rings is 1. The Hall–Kier alpha value is -1.26. The van der Waals surface area contributed by atoms with E-state index < -0.39 is 10.0 Å². The second-order valence-electron chi connectivity index (χ2n) is 3.56. The Bertz CT molecular complexity index is 627. The average molecular weight is 321 g/mol. The Balaban J connectivity index is 3.05. The maximum atomic E-state index is 11.5. The van der Waals surface area contributed by atoms with Crippen molar-refractivity contribution in [3.63, 3.8) is 0 Å². The van der Waals surface area contributed by atoms with E-state index in [2.05, 4.69) is 11.2 Å². The number of hydrogen-bond donors (Lipinski definition) is 2. The third-order valence-electron chi connectivity index (χ3n) is 2.10. The molecule has 1 amide bonds. The van der Waals surface area contributed by atoms with Gasteiger partial charge in [-0.05, 0) is 12.1 Å². The van der Waals surface area contributed by atoms with Crippen molar-refractivity contribution in [3.05, 3.63) is 22.2 Å². The van der Waals surface area contributed by atoms with E-state index in [0.717, 1.165) is 12.1 Å². The van der Waals surface area contributed by atoms with Crippen LogP contribution in [-0.2, 0) is 14.8 Å². The number of primary sulfonamides is 1. The van der Waals surface area contributed by atoms with Crippen molar-refractivity contribution < 1.29 is 13.2 Å². The van der Waals surface area contributed by atoms with E-state index in [4.69, 9.17) is 34.8 Å². The molecule has 0 saturated heterocycles. The van der Waals surface area contributed by atoms with E-state index >= 15 is 0 Å². The Morgan fingerprint density at radius 3 is 2.32 bits per heavy atom.